The number of alkyl halides is 1. The van der Waals surface area contributed by atoms with E-state index < -0.39 is 6.67 Å². The summed E-state index contributed by atoms with van der Waals surface area (Å²) in [6.07, 6.45) is 0.976. The van der Waals surface area contributed by atoms with E-state index in [1.165, 1.54) is 15.9 Å². The number of thiophene rings is 1. The Morgan fingerprint density at radius 3 is 2.65 bits per heavy atom. The molecule has 26 heavy (non-hydrogen) atoms. The number of aromatic nitrogens is 2. The summed E-state index contributed by atoms with van der Waals surface area (Å²) in [5.74, 6) is 0. The van der Waals surface area contributed by atoms with Gasteiger partial charge in [-0.25, -0.2) is 4.79 Å². The van der Waals surface area contributed by atoms with Crippen LogP contribution in [0.2, 0.25) is 0 Å². The lowest BCUT2D eigenvalue weighted by Crippen LogP contribution is -2.39. The van der Waals surface area contributed by atoms with E-state index in [9.17, 15) is 14.0 Å². The summed E-state index contributed by atoms with van der Waals surface area (Å²) in [5, 5.41) is 4.45. The molecule has 1 saturated heterocycles. The number of thiocarbonyl (C=S) groups is 1. The lowest BCUT2D eigenvalue weighted by atomic mass is 10.2. The highest BCUT2D eigenvalue weighted by atomic mass is 32.1. The van der Waals surface area contributed by atoms with Crippen molar-refractivity contribution >= 4 is 38.9 Å². The molecule has 0 aromatic carbocycles. The summed E-state index contributed by atoms with van der Waals surface area (Å²) in [6.45, 7) is 6.33. The summed E-state index contributed by atoms with van der Waals surface area (Å²) in [6, 6.07) is 0. The van der Waals surface area contributed by atoms with Gasteiger partial charge in [0.15, 0.2) is 5.11 Å². The van der Waals surface area contributed by atoms with Crippen molar-refractivity contribution < 1.29 is 4.39 Å². The zero-order chi connectivity index (χ0) is 18.8. The number of nitrogens with one attached hydrogen (secondary N) is 1. The second kappa shape index (κ2) is 7.87. The summed E-state index contributed by atoms with van der Waals surface area (Å²) in [5.41, 5.74) is 0.359. The molecule has 9 heteroatoms. The van der Waals surface area contributed by atoms with Gasteiger partial charge >= 0.3 is 5.69 Å². The van der Waals surface area contributed by atoms with Gasteiger partial charge in [-0.3, -0.25) is 18.3 Å². The first-order chi connectivity index (χ1) is 12.5. The van der Waals surface area contributed by atoms with Gasteiger partial charge in [-0.15, -0.1) is 11.3 Å². The lowest BCUT2D eigenvalue weighted by Gasteiger charge is -2.15. The molecule has 0 aliphatic carbocycles. The molecular weight excluding hydrogens is 375 g/mol. The second-order valence-electron chi connectivity index (χ2n) is 6.36. The molecule has 0 atom stereocenters. The van der Waals surface area contributed by atoms with Crippen LogP contribution >= 0.6 is 23.6 Å². The predicted molar refractivity (Wildman–Crippen MR) is 107 cm³/mol. The Morgan fingerprint density at radius 1 is 1.27 bits per heavy atom. The van der Waals surface area contributed by atoms with Crippen LogP contribution in [0.3, 0.4) is 0 Å². The molecule has 0 saturated carbocycles. The first-order valence-corrected chi connectivity index (χ1v) is 10.1. The quantitative estimate of drug-likeness (QED) is 0.571. The molecule has 0 radical (unpaired) electrons. The maximum atomic E-state index is 12.8. The molecule has 1 aliphatic heterocycles. The summed E-state index contributed by atoms with van der Waals surface area (Å²) < 4.78 is 15.4. The van der Waals surface area contributed by atoms with Crippen molar-refractivity contribution in [3.63, 3.8) is 0 Å². The molecule has 2 aromatic heterocycles. The third kappa shape index (κ3) is 3.29. The fourth-order valence-electron chi connectivity index (χ4n) is 3.27. The molecule has 0 unspecified atom stereocenters. The van der Waals surface area contributed by atoms with Crippen LogP contribution < -0.4 is 16.6 Å². The largest absolute Gasteiger partial charge is 0.361 e. The van der Waals surface area contributed by atoms with Crippen molar-refractivity contribution in [3.8, 4) is 0 Å². The molecule has 3 heterocycles. The van der Waals surface area contributed by atoms with E-state index in [2.05, 4.69) is 10.2 Å². The third-order valence-electron chi connectivity index (χ3n) is 4.75. The molecule has 0 bridgehead atoms. The Morgan fingerprint density at radius 2 is 2.04 bits per heavy atom. The highest BCUT2D eigenvalue weighted by Crippen LogP contribution is 2.29. The van der Waals surface area contributed by atoms with Gasteiger partial charge in [0.25, 0.3) is 5.56 Å². The minimum absolute atomic E-state index is 0.239. The van der Waals surface area contributed by atoms with E-state index in [-0.39, 0.29) is 11.2 Å². The number of halogens is 1. The van der Waals surface area contributed by atoms with E-state index in [1.54, 1.807) is 11.5 Å². The van der Waals surface area contributed by atoms with Crippen LogP contribution in [0.4, 0.5) is 4.39 Å². The molecule has 1 N–H and O–H groups in total. The Labute approximate surface area is 160 Å². The SMILES string of the molecule is CCn1c(=O)c2c(C)c(CN3CCNC3=S)sc2n(CCCCF)c1=O. The molecule has 1 fully saturated rings. The Kier molecular flexibility index (Phi) is 5.76. The van der Waals surface area contributed by atoms with Crippen LogP contribution in [0.1, 0.15) is 30.2 Å². The number of hydrogen-bond donors (Lipinski definition) is 1. The second-order valence-corrected chi connectivity index (χ2v) is 7.83. The molecule has 6 nitrogen and oxygen atoms in total. The van der Waals surface area contributed by atoms with Crippen LogP contribution in [0.25, 0.3) is 10.2 Å². The van der Waals surface area contributed by atoms with Gasteiger partial charge in [-0.2, -0.15) is 0 Å². The minimum atomic E-state index is -0.403. The summed E-state index contributed by atoms with van der Waals surface area (Å²) >= 11 is 6.78. The number of rotatable bonds is 7. The van der Waals surface area contributed by atoms with Crippen molar-refractivity contribution in [2.45, 2.75) is 46.3 Å². The summed E-state index contributed by atoms with van der Waals surface area (Å²) in [4.78, 5) is 29.4. The van der Waals surface area contributed by atoms with Crippen molar-refractivity contribution in [2.75, 3.05) is 19.8 Å². The first-order valence-electron chi connectivity index (χ1n) is 8.84. The summed E-state index contributed by atoms with van der Waals surface area (Å²) in [7, 11) is 0. The highest BCUT2D eigenvalue weighted by Gasteiger charge is 2.22. The van der Waals surface area contributed by atoms with E-state index >= 15 is 0 Å². The van der Waals surface area contributed by atoms with E-state index in [4.69, 9.17) is 12.2 Å². The monoisotopic (exact) mass is 398 g/mol. The molecule has 0 amide bonds. The number of unbranched alkanes of at least 4 members (excludes halogenated alkanes) is 1. The zero-order valence-corrected chi connectivity index (χ0v) is 16.6. The number of aryl methyl sites for hydroxylation is 2. The minimum Gasteiger partial charge on any atom is -0.361 e. The molecule has 0 spiro atoms. The number of fused-ring (bicyclic) bond motifs is 1. The molecule has 3 rings (SSSR count). The van der Waals surface area contributed by atoms with Crippen molar-refractivity contribution in [3.05, 3.63) is 31.3 Å². The number of hydrogen-bond acceptors (Lipinski definition) is 4. The normalized spacial score (nSPS) is 14.4. The van der Waals surface area contributed by atoms with Crippen molar-refractivity contribution in [1.29, 1.82) is 0 Å². The van der Waals surface area contributed by atoms with E-state index in [1.807, 2.05) is 6.92 Å². The zero-order valence-electron chi connectivity index (χ0n) is 15.0. The van der Waals surface area contributed by atoms with Gasteiger partial charge in [0, 0.05) is 31.1 Å². The molecular formula is C17H23FN4O2S2. The fourth-order valence-corrected chi connectivity index (χ4v) is 4.86. The van der Waals surface area contributed by atoms with Gasteiger partial charge in [0.05, 0.1) is 18.6 Å². The van der Waals surface area contributed by atoms with Crippen molar-refractivity contribution in [1.82, 2.24) is 19.4 Å². The maximum Gasteiger partial charge on any atom is 0.332 e. The molecule has 2 aromatic rings. The molecule has 1 aliphatic rings. The van der Waals surface area contributed by atoms with Gasteiger partial charge in [0.2, 0.25) is 0 Å². The van der Waals surface area contributed by atoms with Crippen LogP contribution in [0, 0.1) is 6.92 Å². The van der Waals surface area contributed by atoms with Gasteiger partial charge < -0.3 is 10.2 Å². The highest BCUT2D eigenvalue weighted by molar-refractivity contribution is 7.80. The third-order valence-corrected chi connectivity index (χ3v) is 6.46. The van der Waals surface area contributed by atoms with Gasteiger partial charge in [-0.05, 0) is 44.5 Å². The van der Waals surface area contributed by atoms with Crippen LogP contribution in [-0.4, -0.2) is 38.9 Å². The topological polar surface area (TPSA) is 59.3 Å². The van der Waals surface area contributed by atoms with Gasteiger partial charge in [0.1, 0.15) is 4.83 Å². The Balaban J connectivity index is 2.12. The molecule has 142 valence electrons. The standard InChI is InChI=1S/C17H23FN4O2S2/c1-3-21-14(23)13-11(2)12(10-20-9-7-19-16(20)25)26-15(13)22(17(21)24)8-5-4-6-18/h3-10H2,1-2H3,(H,19,25). The maximum absolute atomic E-state index is 12.8. The Bertz CT molecular complexity index is 947. The van der Waals surface area contributed by atoms with Crippen molar-refractivity contribution in [2.24, 2.45) is 0 Å². The van der Waals surface area contributed by atoms with E-state index in [0.717, 1.165) is 23.5 Å². The van der Waals surface area contributed by atoms with Gasteiger partial charge in [-0.1, -0.05) is 0 Å². The van der Waals surface area contributed by atoms with Crippen LogP contribution in [0.15, 0.2) is 9.59 Å². The average molecular weight is 399 g/mol. The fraction of sp³-hybridized carbons (Fsp3) is 0.588. The first kappa shape index (κ1) is 19.0. The van der Waals surface area contributed by atoms with E-state index in [0.29, 0.717) is 47.8 Å². The average Bonchev–Trinajstić information content (AvgIpc) is 3.16. The Hall–Kier alpha value is -1.74. The lowest BCUT2D eigenvalue weighted by molar-refractivity contribution is 0.444. The number of nitrogens with zero attached hydrogens (tertiary/aromatic N) is 3. The predicted octanol–water partition coefficient (Wildman–Crippen LogP) is 1.99. The smallest absolute Gasteiger partial charge is 0.332 e. The van der Waals surface area contributed by atoms with Crippen LogP contribution in [-0.2, 0) is 19.6 Å². The van der Waals surface area contributed by atoms with Crippen LogP contribution in [0.5, 0.6) is 0 Å².